The number of hydrogen-bond acceptors (Lipinski definition) is 7. The number of imidazole rings is 1. The fourth-order valence-electron chi connectivity index (χ4n) is 5.45. The fraction of sp³-hybridized carbons (Fsp3) is 0.567. The van der Waals surface area contributed by atoms with Crippen molar-refractivity contribution < 1.29 is 14.9 Å². The largest absolute Gasteiger partial charge is 0.387 e. The molecule has 0 saturated carbocycles. The van der Waals surface area contributed by atoms with Crippen molar-refractivity contribution >= 4 is 22.1 Å². The average molecular weight is 535 g/mol. The summed E-state index contributed by atoms with van der Waals surface area (Å²) in [5.74, 6) is 1.02. The zero-order valence-electron chi connectivity index (χ0n) is 23.9. The average Bonchev–Trinajstić information content (AvgIpc) is 3.57. The first-order valence-electron chi connectivity index (χ1n) is 14.1. The standard InChI is InChI=1S/C30H42N6O3/c1-18(2)35(13-8-7-9-25-33-22-11-10-20(30(4,5)6)15-23(22)34-25)16-24-26(37)27(38)29(39-24)36-14-12-21-19(3)31-17-32-28(21)36/h10-12,14-15,17-18,24,26-27,29,37-38H,7-9,13,16H2,1-6H3,(H,33,34)/t24-,26-,27-,29-/m1/s1. The van der Waals surface area contributed by atoms with Crippen LogP contribution in [0.2, 0.25) is 0 Å². The molecule has 3 N–H and O–H groups in total. The van der Waals surface area contributed by atoms with Crippen LogP contribution in [-0.4, -0.2) is 77.1 Å². The second-order valence-electron chi connectivity index (χ2n) is 12.2. The first-order valence-corrected chi connectivity index (χ1v) is 14.1. The molecule has 0 radical (unpaired) electrons. The van der Waals surface area contributed by atoms with Gasteiger partial charge in [-0.2, -0.15) is 0 Å². The molecule has 0 unspecified atom stereocenters. The molecule has 3 aromatic heterocycles. The Labute approximate surface area is 230 Å². The number of aryl methyl sites for hydroxylation is 2. The number of rotatable bonds is 9. The number of H-pyrrole nitrogens is 1. The van der Waals surface area contributed by atoms with Crippen molar-refractivity contribution in [3.8, 4) is 0 Å². The molecule has 0 aliphatic carbocycles. The molecule has 0 amide bonds. The molecular formula is C30H42N6O3. The lowest BCUT2D eigenvalue weighted by molar-refractivity contribution is -0.0466. The predicted molar refractivity (Wildman–Crippen MR) is 153 cm³/mol. The van der Waals surface area contributed by atoms with Gasteiger partial charge in [0.25, 0.3) is 0 Å². The van der Waals surface area contributed by atoms with Crippen LogP contribution < -0.4 is 0 Å². The van der Waals surface area contributed by atoms with Crippen LogP contribution in [0.4, 0.5) is 0 Å². The third-order valence-corrected chi connectivity index (χ3v) is 7.97. The summed E-state index contributed by atoms with van der Waals surface area (Å²) < 4.78 is 8.05. The van der Waals surface area contributed by atoms with Crippen molar-refractivity contribution in [3.05, 3.63) is 53.9 Å². The van der Waals surface area contributed by atoms with Crippen LogP contribution in [0.3, 0.4) is 0 Å². The smallest absolute Gasteiger partial charge is 0.164 e. The topological polar surface area (TPSA) is 112 Å². The van der Waals surface area contributed by atoms with Gasteiger partial charge in [-0.05, 0) is 69.3 Å². The minimum absolute atomic E-state index is 0.101. The molecule has 39 heavy (non-hydrogen) atoms. The molecule has 4 aromatic rings. The lowest BCUT2D eigenvalue weighted by Crippen LogP contribution is -2.43. The van der Waals surface area contributed by atoms with Gasteiger partial charge < -0.3 is 24.5 Å². The van der Waals surface area contributed by atoms with Crippen molar-refractivity contribution in [1.29, 1.82) is 0 Å². The summed E-state index contributed by atoms with van der Waals surface area (Å²) in [6.45, 7) is 14.3. The molecule has 9 nitrogen and oxygen atoms in total. The summed E-state index contributed by atoms with van der Waals surface area (Å²) in [6.07, 6.45) is 3.02. The van der Waals surface area contributed by atoms with E-state index in [2.05, 4.69) is 72.7 Å². The maximum absolute atomic E-state index is 10.9. The molecule has 210 valence electrons. The highest BCUT2D eigenvalue weighted by Crippen LogP contribution is 2.33. The molecule has 4 heterocycles. The van der Waals surface area contributed by atoms with E-state index in [4.69, 9.17) is 9.72 Å². The van der Waals surface area contributed by atoms with Gasteiger partial charge in [0.1, 0.15) is 36.1 Å². The predicted octanol–water partition coefficient (Wildman–Crippen LogP) is 4.27. The molecule has 9 heteroatoms. The Morgan fingerprint density at radius 1 is 1.10 bits per heavy atom. The second-order valence-corrected chi connectivity index (χ2v) is 12.2. The lowest BCUT2D eigenvalue weighted by Gasteiger charge is -2.30. The van der Waals surface area contributed by atoms with Crippen LogP contribution in [0.5, 0.6) is 0 Å². The number of aliphatic hydroxyl groups is 2. The highest BCUT2D eigenvalue weighted by atomic mass is 16.6. The number of hydrogen-bond donors (Lipinski definition) is 3. The molecule has 1 aromatic carbocycles. The normalized spacial score (nSPS) is 22.2. The molecular weight excluding hydrogens is 492 g/mol. The number of nitrogens with one attached hydrogen (secondary N) is 1. The first kappa shape index (κ1) is 27.7. The molecule has 1 aliphatic rings. The van der Waals surface area contributed by atoms with Gasteiger partial charge in [0.2, 0.25) is 0 Å². The van der Waals surface area contributed by atoms with E-state index in [0.717, 1.165) is 53.7 Å². The van der Waals surface area contributed by atoms with E-state index in [1.807, 2.05) is 19.2 Å². The van der Waals surface area contributed by atoms with Crippen molar-refractivity contribution in [2.24, 2.45) is 0 Å². The van der Waals surface area contributed by atoms with Gasteiger partial charge in [0, 0.05) is 30.6 Å². The van der Waals surface area contributed by atoms with Gasteiger partial charge in [0.05, 0.1) is 16.7 Å². The van der Waals surface area contributed by atoms with E-state index in [1.54, 1.807) is 4.57 Å². The number of fused-ring (bicyclic) bond motifs is 2. The number of ether oxygens (including phenoxy) is 1. The molecule has 4 atom stereocenters. The van der Waals surface area contributed by atoms with Crippen LogP contribution in [0.25, 0.3) is 22.1 Å². The monoisotopic (exact) mass is 534 g/mol. The van der Waals surface area contributed by atoms with E-state index >= 15 is 0 Å². The number of nitrogens with zero attached hydrogens (tertiary/aromatic N) is 5. The van der Waals surface area contributed by atoms with Gasteiger partial charge in [-0.3, -0.25) is 4.90 Å². The Balaban J connectivity index is 1.18. The summed E-state index contributed by atoms with van der Waals surface area (Å²) in [4.78, 5) is 19.3. The highest BCUT2D eigenvalue weighted by molar-refractivity contribution is 5.78. The van der Waals surface area contributed by atoms with Crippen LogP contribution in [0, 0.1) is 6.92 Å². The van der Waals surface area contributed by atoms with E-state index < -0.39 is 24.5 Å². The Morgan fingerprint density at radius 3 is 2.64 bits per heavy atom. The third kappa shape index (κ3) is 5.72. The number of unbranched alkanes of at least 4 members (excludes halogenated alkanes) is 1. The van der Waals surface area contributed by atoms with E-state index in [-0.39, 0.29) is 11.5 Å². The summed E-state index contributed by atoms with van der Waals surface area (Å²) in [5.41, 5.74) is 5.06. The van der Waals surface area contributed by atoms with Crippen molar-refractivity contribution in [1.82, 2.24) is 29.4 Å². The SMILES string of the molecule is Cc1ncnc2c1ccn2[C@@H]1O[C@H](CN(CCCCc2nc3cc(C(C)(C)C)ccc3[nH]2)C(C)C)[C@@H](O)[C@H]1O. The Morgan fingerprint density at radius 2 is 1.90 bits per heavy atom. The number of aromatic amines is 1. The second kappa shape index (κ2) is 11.0. The molecule has 1 aliphatic heterocycles. The summed E-state index contributed by atoms with van der Waals surface area (Å²) in [5, 5.41) is 22.7. The summed E-state index contributed by atoms with van der Waals surface area (Å²) >= 11 is 0. The Hall–Kier alpha value is -2.85. The molecule has 1 saturated heterocycles. The quantitative estimate of drug-likeness (QED) is 0.275. The zero-order chi connectivity index (χ0) is 27.9. The van der Waals surface area contributed by atoms with Gasteiger partial charge in [-0.25, -0.2) is 15.0 Å². The number of aromatic nitrogens is 5. The Bertz CT molecular complexity index is 1420. The van der Waals surface area contributed by atoms with Crippen LogP contribution >= 0.6 is 0 Å². The molecule has 1 fully saturated rings. The van der Waals surface area contributed by atoms with Crippen LogP contribution in [0.15, 0.2) is 36.8 Å². The summed E-state index contributed by atoms with van der Waals surface area (Å²) in [6, 6.07) is 8.70. The highest BCUT2D eigenvalue weighted by Gasteiger charge is 2.44. The van der Waals surface area contributed by atoms with Gasteiger partial charge in [-0.1, -0.05) is 26.8 Å². The summed E-state index contributed by atoms with van der Waals surface area (Å²) in [7, 11) is 0. The molecule has 0 bridgehead atoms. The van der Waals surface area contributed by atoms with Gasteiger partial charge in [0.15, 0.2) is 6.23 Å². The van der Waals surface area contributed by atoms with E-state index in [0.29, 0.717) is 12.2 Å². The van der Waals surface area contributed by atoms with Crippen molar-refractivity contribution in [3.63, 3.8) is 0 Å². The number of benzene rings is 1. The van der Waals surface area contributed by atoms with Gasteiger partial charge in [-0.15, -0.1) is 0 Å². The zero-order valence-corrected chi connectivity index (χ0v) is 23.9. The van der Waals surface area contributed by atoms with Crippen LogP contribution in [0.1, 0.15) is 70.8 Å². The molecule has 5 rings (SSSR count). The first-order chi connectivity index (χ1) is 18.5. The lowest BCUT2D eigenvalue weighted by atomic mass is 9.87. The minimum Gasteiger partial charge on any atom is -0.387 e. The fourth-order valence-corrected chi connectivity index (χ4v) is 5.45. The van der Waals surface area contributed by atoms with Gasteiger partial charge >= 0.3 is 0 Å². The molecule has 0 spiro atoms. The minimum atomic E-state index is -1.04. The maximum atomic E-state index is 10.9. The Kier molecular flexibility index (Phi) is 7.79. The number of aliphatic hydroxyl groups excluding tert-OH is 2. The van der Waals surface area contributed by atoms with E-state index in [1.165, 1.54) is 11.9 Å². The van der Waals surface area contributed by atoms with Crippen LogP contribution in [-0.2, 0) is 16.6 Å². The van der Waals surface area contributed by atoms with Crippen molar-refractivity contribution in [2.45, 2.75) is 96.8 Å². The van der Waals surface area contributed by atoms with Crippen molar-refractivity contribution in [2.75, 3.05) is 13.1 Å². The van der Waals surface area contributed by atoms with E-state index in [9.17, 15) is 10.2 Å². The third-order valence-electron chi connectivity index (χ3n) is 7.97. The maximum Gasteiger partial charge on any atom is 0.164 e.